The standard InChI is InChI=1S/C13H19NO/c1-2-5-13(6-3-1)15-10-4-9-14-11-12-7-8-12/h1-3,5-6,12,14H,4,7-11H2. The molecule has 2 rings (SSSR count). The summed E-state index contributed by atoms with van der Waals surface area (Å²) in [5.41, 5.74) is 0. The van der Waals surface area contributed by atoms with Gasteiger partial charge in [-0.15, -0.1) is 0 Å². The van der Waals surface area contributed by atoms with Crippen LogP contribution in [0.3, 0.4) is 0 Å². The fraction of sp³-hybridized carbons (Fsp3) is 0.538. The maximum absolute atomic E-state index is 5.59. The van der Waals surface area contributed by atoms with Gasteiger partial charge in [0.2, 0.25) is 0 Å². The molecule has 1 aromatic rings. The summed E-state index contributed by atoms with van der Waals surface area (Å²) in [7, 11) is 0. The lowest BCUT2D eigenvalue weighted by molar-refractivity contribution is 0.308. The van der Waals surface area contributed by atoms with Gasteiger partial charge >= 0.3 is 0 Å². The first-order chi connectivity index (χ1) is 7.45. The summed E-state index contributed by atoms with van der Waals surface area (Å²) < 4.78 is 5.59. The Morgan fingerprint density at radius 2 is 2.00 bits per heavy atom. The molecule has 2 nitrogen and oxygen atoms in total. The topological polar surface area (TPSA) is 21.3 Å². The number of ether oxygens (including phenoxy) is 1. The number of para-hydroxylation sites is 1. The molecule has 1 aliphatic rings. The third kappa shape index (κ3) is 4.34. The van der Waals surface area contributed by atoms with Crippen LogP contribution < -0.4 is 10.1 Å². The molecule has 0 atom stereocenters. The predicted molar refractivity (Wildman–Crippen MR) is 62.1 cm³/mol. The molecule has 15 heavy (non-hydrogen) atoms. The first kappa shape index (κ1) is 10.5. The molecule has 0 heterocycles. The van der Waals surface area contributed by atoms with Crippen LogP contribution in [0.5, 0.6) is 5.75 Å². The van der Waals surface area contributed by atoms with Gasteiger partial charge in [0.15, 0.2) is 0 Å². The zero-order valence-electron chi connectivity index (χ0n) is 9.11. The Bertz CT molecular complexity index is 269. The molecular formula is C13H19NO. The minimum Gasteiger partial charge on any atom is -0.494 e. The second-order valence-electron chi connectivity index (χ2n) is 4.16. The van der Waals surface area contributed by atoms with Gasteiger partial charge in [0.1, 0.15) is 5.75 Å². The van der Waals surface area contributed by atoms with Crippen molar-refractivity contribution in [3.63, 3.8) is 0 Å². The van der Waals surface area contributed by atoms with Crippen LogP contribution in [0.4, 0.5) is 0 Å². The van der Waals surface area contributed by atoms with Crippen molar-refractivity contribution in [2.24, 2.45) is 5.92 Å². The Morgan fingerprint density at radius 3 is 2.73 bits per heavy atom. The zero-order valence-corrected chi connectivity index (χ0v) is 9.11. The number of benzene rings is 1. The summed E-state index contributed by atoms with van der Waals surface area (Å²) >= 11 is 0. The van der Waals surface area contributed by atoms with Crippen molar-refractivity contribution in [2.75, 3.05) is 19.7 Å². The molecule has 0 amide bonds. The molecule has 1 aliphatic carbocycles. The van der Waals surface area contributed by atoms with E-state index in [1.165, 1.54) is 19.4 Å². The van der Waals surface area contributed by atoms with E-state index in [2.05, 4.69) is 5.32 Å². The smallest absolute Gasteiger partial charge is 0.119 e. The van der Waals surface area contributed by atoms with Crippen molar-refractivity contribution in [3.8, 4) is 5.75 Å². The van der Waals surface area contributed by atoms with Crippen molar-refractivity contribution in [3.05, 3.63) is 30.3 Å². The minimum absolute atomic E-state index is 0.807. The fourth-order valence-electron chi connectivity index (χ4n) is 1.53. The molecule has 2 heteroatoms. The lowest BCUT2D eigenvalue weighted by Gasteiger charge is -2.06. The molecule has 82 valence electrons. The average molecular weight is 205 g/mol. The summed E-state index contributed by atoms with van der Waals surface area (Å²) in [5.74, 6) is 1.94. The Morgan fingerprint density at radius 1 is 1.20 bits per heavy atom. The summed E-state index contributed by atoms with van der Waals surface area (Å²) in [4.78, 5) is 0. The summed E-state index contributed by atoms with van der Waals surface area (Å²) in [6, 6.07) is 10.0. The van der Waals surface area contributed by atoms with Gasteiger partial charge in [-0.05, 0) is 50.4 Å². The first-order valence-electron chi connectivity index (χ1n) is 5.84. The molecule has 1 aromatic carbocycles. The minimum atomic E-state index is 0.807. The number of rotatable bonds is 7. The molecule has 0 unspecified atom stereocenters. The highest BCUT2D eigenvalue weighted by molar-refractivity contribution is 5.20. The van der Waals surface area contributed by atoms with Gasteiger partial charge in [-0.1, -0.05) is 18.2 Å². The third-order valence-corrected chi connectivity index (χ3v) is 2.64. The lowest BCUT2D eigenvalue weighted by Crippen LogP contribution is -2.19. The van der Waals surface area contributed by atoms with E-state index >= 15 is 0 Å². The van der Waals surface area contributed by atoms with Gasteiger partial charge < -0.3 is 10.1 Å². The van der Waals surface area contributed by atoms with Gasteiger partial charge in [0, 0.05) is 0 Å². The second-order valence-corrected chi connectivity index (χ2v) is 4.16. The summed E-state index contributed by atoms with van der Waals surface area (Å²) in [5, 5.41) is 3.45. The van der Waals surface area contributed by atoms with Crippen molar-refractivity contribution < 1.29 is 4.74 Å². The monoisotopic (exact) mass is 205 g/mol. The molecule has 1 N–H and O–H groups in total. The van der Waals surface area contributed by atoms with Crippen LogP contribution in [-0.4, -0.2) is 19.7 Å². The third-order valence-electron chi connectivity index (χ3n) is 2.64. The van der Waals surface area contributed by atoms with Crippen molar-refractivity contribution >= 4 is 0 Å². The van der Waals surface area contributed by atoms with Crippen LogP contribution in [0.25, 0.3) is 0 Å². The fourth-order valence-corrected chi connectivity index (χ4v) is 1.53. The molecule has 0 aliphatic heterocycles. The van der Waals surface area contributed by atoms with E-state index in [4.69, 9.17) is 4.74 Å². The van der Waals surface area contributed by atoms with Gasteiger partial charge in [0.25, 0.3) is 0 Å². The Balaban J connectivity index is 1.47. The van der Waals surface area contributed by atoms with Crippen molar-refractivity contribution in [2.45, 2.75) is 19.3 Å². The molecule has 0 radical (unpaired) electrons. The largest absolute Gasteiger partial charge is 0.494 e. The second kappa shape index (κ2) is 5.76. The van der Waals surface area contributed by atoms with E-state index in [1.807, 2.05) is 30.3 Å². The number of hydrogen-bond acceptors (Lipinski definition) is 2. The van der Waals surface area contributed by atoms with Gasteiger partial charge in [-0.25, -0.2) is 0 Å². The van der Waals surface area contributed by atoms with Gasteiger partial charge in [0.05, 0.1) is 6.61 Å². The highest BCUT2D eigenvalue weighted by Crippen LogP contribution is 2.27. The van der Waals surface area contributed by atoms with Gasteiger partial charge in [-0.3, -0.25) is 0 Å². The lowest BCUT2D eigenvalue weighted by atomic mass is 10.3. The van der Waals surface area contributed by atoms with Crippen LogP contribution in [-0.2, 0) is 0 Å². The molecule has 0 aromatic heterocycles. The number of hydrogen-bond donors (Lipinski definition) is 1. The van der Waals surface area contributed by atoms with E-state index < -0.39 is 0 Å². The summed E-state index contributed by atoms with van der Waals surface area (Å²) in [6.45, 7) is 3.08. The Hall–Kier alpha value is -1.02. The van der Waals surface area contributed by atoms with Crippen LogP contribution in [0.15, 0.2) is 30.3 Å². The molecular weight excluding hydrogens is 186 g/mol. The molecule has 1 fully saturated rings. The first-order valence-corrected chi connectivity index (χ1v) is 5.84. The van der Waals surface area contributed by atoms with Crippen LogP contribution in [0.1, 0.15) is 19.3 Å². The normalized spacial score (nSPS) is 15.2. The Labute approximate surface area is 91.6 Å². The van der Waals surface area contributed by atoms with E-state index in [0.717, 1.165) is 31.2 Å². The van der Waals surface area contributed by atoms with E-state index in [1.54, 1.807) is 0 Å². The highest BCUT2D eigenvalue weighted by Gasteiger charge is 2.19. The average Bonchev–Trinajstić information content (AvgIpc) is 3.09. The summed E-state index contributed by atoms with van der Waals surface area (Å²) in [6.07, 6.45) is 3.93. The predicted octanol–water partition coefficient (Wildman–Crippen LogP) is 2.46. The van der Waals surface area contributed by atoms with Crippen molar-refractivity contribution in [1.29, 1.82) is 0 Å². The van der Waals surface area contributed by atoms with E-state index in [9.17, 15) is 0 Å². The maximum Gasteiger partial charge on any atom is 0.119 e. The quantitative estimate of drug-likeness (QED) is 0.690. The molecule has 1 saturated carbocycles. The van der Waals surface area contributed by atoms with Crippen LogP contribution in [0, 0.1) is 5.92 Å². The zero-order chi connectivity index (χ0) is 10.3. The van der Waals surface area contributed by atoms with E-state index in [-0.39, 0.29) is 0 Å². The number of nitrogens with one attached hydrogen (secondary N) is 1. The maximum atomic E-state index is 5.59. The molecule has 0 saturated heterocycles. The molecule has 0 spiro atoms. The molecule has 0 bridgehead atoms. The van der Waals surface area contributed by atoms with Gasteiger partial charge in [-0.2, -0.15) is 0 Å². The van der Waals surface area contributed by atoms with Crippen LogP contribution in [0.2, 0.25) is 0 Å². The highest BCUT2D eigenvalue weighted by atomic mass is 16.5. The van der Waals surface area contributed by atoms with Crippen LogP contribution >= 0.6 is 0 Å². The Kier molecular flexibility index (Phi) is 4.03. The SMILES string of the molecule is c1ccc(OCCCNCC2CC2)cc1. The van der Waals surface area contributed by atoms with Crippen molar-refractivity contribution in [1.82, 2.24) is 5.32 Å². The van der Waals surface area contributed by atoms with E-state index in [0.29, 0.717) is 0 Å².